The Bertz CT molecular complexity index is 829. The van der Waals surface area contributed by atoms with Crippen LogP contribution in [-0.4, -0.2) is 32.1 Å². The van der Waals surface area contributed by atoms with E-state index >= 15 is 0 Å². The zero-order valence-electron chi connectivity index (χ0n) is 13.6. The van der Waals surface area contributed by atoms with Crippen molar-refractivity contribution in [2.24, 2.45) is 0 Å². The van der Waals surface area contributed by atoms with Crippen LogP contribution in [0.5, 0.6) is 0 Å². The Hall–Kier alpha value is -0.978. The van der Waals surface area contributed by atoms with Crippen LogP contribution in [0.2, 0.25) is 0 Å². The summed E-state index contributed by atoms with van der Waals surface area (Å²) in [4.78, 5) is 11.8. The number of aliphatic hydroxyl groups is 1. The summed E-state index contributed by atoms with van der Waals surface area (Å²) in [6.45, 7) is 1.15. The molecule has 1 amide bonds. The second kappa shape index (κ2) is 9.65. The number of benzene rings is 2. The summed E-state index contributed by atoms with van der Waals surface area (Å²) in [5.74, 6) is -0.663. The number of hydrogen-bond acceptors (Lipinski definition) is 4. The summed E-state index contributed by atoms with van der Waals surface area (Å²) in [7, 11) is -3.73. The topological polar surface area (TPSA) is 119 Å². The molecule has 2 rings (SSSR count). The Kier molecular flexibility index (Phi) is 8.51. The van der Waals surface area contributed by atoms with Crippen molar-refractivity contribution in [3.63, 3.8) is 0 Å². The molecule has 7 nitrogen and oxygen atoms in total. The minimum Gasteiger partial charge on any atom is -0.665 e. The second-order valence-electron chi connectivity index (χ2n) is 5.17. The smallest absolute Gasteiger partial charge is 0.261 e. The van der Waals surface area contributed by atoms with Gasteiger partial charge in [0.05, 0.1) is 10.6 Å². The van der Waals surface area contributed by atoms with E-state index in [9.17, 15) is 13.2 Å². The Labute approximate surface area is 182 Å². The van der Waals surface area contributed by atoms with Crippen LogP contribution in [0.25, 0.3) is 5.73 Å². The van der Waals surface area contributed by atoms with Crippen LogP contribution in [-0.2, 0) is 14.8 Å². The number of hydrogen-bond donors (Lipinski definition) is 3. The van der Waals surface area contributed by atoms with Gasteiger partial charge in [-0.25, -0.2) is 8.42 Å². The van der Waals surface area contributed by atoms with Gasteiger partial charge < -0.3 is 16.2 Å². The second-order valence-corrected chi connectivity index (χ2v) is 6.86. The molecule has 4 N–H and O–H groups in total. The number of nitrogens with one attached hydrogen (secondary N) is 3. The van der Waals surface area contributed by atoms with E-state index in [1.165, 1.54) is 18.2 Å². The molecule has 1 atom stereocenters. The largest absolute Gasteiger partial charge is 0.665 e. The molecule has 2 aromatic carbocycles. The van der Waals surface area contributed by atoms with Crippen molar-refractivity contribution in [2.45, 2.75) is 17.9 Å². The molecule has 1 unspecified atom stereocenters. The van der Waals surface area contributed by atoms with Gasteiger partial charge in [0, 0.05) is 56.4 Å². The first kappa shape index (κ1) is 22.1. The van der Waals surface area contributed by atoms with Crippen molar-refractivity contribution in [2.75, 3.05) is 16.6 Å². The van der Waals surface area contributed by atoms with E-state index in [1.807, 2.05) is 0 Å². The van der Waals surface area contributed by atoms with Crippen molar-refractivity contribution >= 4 is 27.3 Å². The molecule has 0 bridgehead atoms. The zero-order chi connectivity index (χ0) is 17.7. The first-order valence-corrected chi connectivity index (χ1v) is 8.63. The molecule has 0 spiro atoms. The fourth-order valence-electron chi connectivity index (χ4n) is 1.94. The minimum atomic E-state index is -3.73. The van der Waals surface area contributed by atoms with Gasteiger partial charge in [0.1, 0.15) is 0 Å². The standard InChI is InChI=1S/C16H18N3O4S.Ac/c1-11-7-8-12(9-15(11)18-16(21)14(17)10-20)19-24(22,23)13-5-3-2-4-6-13;/h2-9,14,17,19-20H,10H2,1H3,(H,18,21);/q-1;. The maximum atomic E-state index is 12.3. The first-order valence-electron chi connectivity index (χ1n) is 7.15. The summed E-state index contributed by atoms with van der Waals surface area (Å²) >= 11 is 0. The number of amides is 1. The van der Waals surface area contributed by atoms with E-state index in [2.05, 4.69) is 10.0 Å². The van der Waals surface area contributed by atoms with Crippen molar-refractivity contribution in [3.05, 3.63) is 59.8 Å². The molecule has 0 aliphatic rings. The fraction of sp³-hybridized carbons (Fsp3) is 0.188. The third-order valence-corrected chi connectivity index (χ3v) is 4.70. The molecule has 0 aliphatic heterocycles. The van der Waals surface area contributed by atoms with Gasteiger partial charge in [-0.1, -0.05) is 24.3 Å². The number of aryl methyl sites for hydroxylation is 1. The third kappa shape index (κ3) is 6.05. The van der Waals surface area contributed by atoms with Crippen molar-refractivity contribution in [1.82, 2.24) is 0 Å². The number of sulfonamides is 1. The van der Waals surface area contributed by atoms with Gasteiger partial charge in [0.2, 0.25) is 5.91 Å². The molecule has 2 aromatic rings. The van der Waals surface area contributed by atoms with E-state index in [1.54, 1.807) is 37.3 Å². The molecule has 0 aliphatic carbocycles. The Morgan fingerprint density at radius 3 is 2.44 bits per heavy atom. The number of carbonyl (C=O) groups is 1. The molecule has 9 heteroatoms. The monoisotopic (exact) mass is 575 g/mol. The molecule has 0 aromatic heterocycles. The summed E-state index contributed by atoms with van der Waals surface area (Å²) in [6, 6.07) is 11.3. The van der Waals surface area contributed by atoms with E-state index in [-0.39, 0.29) is 54.6 Å². The van der Waals surface area contributed by atoms with Gasteiger partial charge in [-0.3, -0.25) is 9.52 Å². The minimum absolute atomic E-state index is 0. The Morgan fingerprint density at radius 2 is 1.84 bits per heavy atom. The molecule has 0 fully saturated rings. The molecule has 0 saturated carbocycles. The molecule has 25 heavy (non-hydrogen) atoms. The molecule has 131 valence electrons. The average Bonchev–Trinajstić information content (AvgIpc) is 2.57. The predicted molar refractivity (Wildman–Crippen MR) is 92.3 cm³/mol. The van der Waals surface area contributed by atoms with Crippen LogP contribution in [0.4, 0.5) is 11.4 Å². The Morgan fingerprint density at radius 1 is 1.20 bits per heavy atom. The molecular weight excluding hydrogens is 557 g/mol. The number of aliphatic hydroxyl groups excluding tert-OH is 1. The zero-order valence-corrected chi connectivity index (χ0v) is 19.1. The molecule has 1 radical (unpaired) electrons. The van der Waals surface area contributed by atoms with Crippen LogP contribution in [0.15, 0.2) is 53.4 Å². The SMILES string of the molecule is Cc1ccc(NS(=O)(=O)c2ccccc2)cc1NC(=O)C([NH-])CO.[Ac]. The third-order valence-electron chi connectivity index (χ3n) is 3.30. The van der Waals surface area contributed by atoms with Gasteiger partial charge >= 0.3 is 0 Å². The van der Waals surface area contributed by atoms with Gasteiger partial charge in [0.15, 0.2) is 0 Å². The van der Waals surface area contributed by atoms with Gasteiger partial charge in [0.25, 0.3) is 10.0 Å². The molecule has 0 saturated heterocycles. The Balaban J connectivity index is 0.00000312. The van der Waals surface area contributed by atoms with Crippen molar-refractivity contribution in [3.8, 4) is 0 Å². The maximum absolute atomic E-state index is 12.3. The van der Waals surface area contributed by atoms with Crippen LogP contribution < -0.4 is 10.0 Å². The van der Waals surface area contributed by atoms with Crippen molar-refractivity contribution < 1.29 is 62.4 Å². The van der Waals surface area contributed by atoms with E-state index in [0.29, 0.717) is 11.3 Å². The van der Waals surface area contributed by atoms with Crippen LogP contribution in [0.3, 0.4) is 0 Å². The van der Waals surface area contributed by atoms with Crippen LogP contribution in [0, 0.1) is 51.0 Å². The number of rotatable bonds is 6. The summed E-state index contributed by atoms with van der Waals surface area (Å²) in [5.41, 5.74) is 8.74. The van der Waals surface area contributed by atoms with Gasteiger partial charge in [-0.15, -0.1) is 0 Å². The molecule has 0 heterocycles. The first-order chi connectivity index (χ1) is 11.3. The van der Waals surface area contributed by atoms with Gasteiger partial charge in [-0.05, 0) is 42.8 Å². The maximum Gasteiger partial charge on any atom is 0.261 e. The normalized spacial score (nSPS) is 12.0. The van der Waals surface area contributed by atoms with Crippen LogP contribution in [0.1, 0.15) is 5.56 Å². The van der Waals surface area contributed by atoms with E-state index in [0.717, 1.165) is 0 Å². The quantitative estimate of drug-likeness (QED) is 0.489. The number of anilines is 2. The van der Waals surface area contributed by atoms with Crippen LogP contribution >= 0.6 is 0 Å². The van der Waals surface area contributed by atoms with Gasteiger partial charge in [-0.2, -0.15) is 0 Å². The predicted octanol–water partition coefficient (Wildman–Crippen LogP) is 2.15. The molecular formula is C16H18AcN3O4S-. The van der Waals surface area contributed by atoms with E-state index < -0.39 is 28.6 Å². The number of carbonyl (C=O) groups excluding carboxylic acids is 1. The fourth-order valence-corrected chi connectivity index (χ4v) is 3.01. The average molecular weight is 575 g/mol. The summed E-state index contributed by atoms with van der Waals surface area (Å²) in [5, 5.41) is 11.4. The van der Waals surface area contributed by atoms with Crippen molar-refractivity contribution in [1.29, 1.82) is 0 Å². The van der Waals surface area contributed by atoms with E-state index in [4.69, 9.17) is 10.8 Å². The summed E-state index contributed by atoms with van der Waals surface area (Å²) in [6.07, 6.45) is 0. The summed E-state index contributed by atoms with van der Waals surface area (Å²) < 4.78 is 27.1.